The standard InChI is InChI=1S/C14H23N3O2S.2ClH/c1-3-11-8-16-12(20-11)9-17(2)14(18)13(15)10-4-6-19-7-5-10;;/h8,10,13H,3-7,9,15H2,1-2H3;2*1H. The molecule has 0 spiro atoms. The molecule has 1 aliphatic rings. The summed E-state index contributed by atoms with van der Waals surface area (Å²) in [7, 11) is 1.80. The lowest BCUT2D eigenvalue weighted by Gasteiger charge is -2.29. The lowest BCUT2D eigenvalue weighted by Crippen LogP contribution is -2.47. The normalized spacial score (nSPS) is 16.3. The highest BCUT2D eigenvalue weighted by Crippen LogP contribution is 2.20. The number of ether oxygens (including phenoxy) is 1. The zero-order chi connectivity index (χ0) is 14.5. The van der Waals surface area contributed by atoms with E-state index in [9.17, 15) is 4.79 Å². The molecule has 0 saturated carbocycles. The number of aryl methyl sites for hydroxylation is 1. The molecule has 22 heavy (non-hydrogen) atoms. The third-order valence-electron chi connectivity index (χ3n) is 3.76. The first-order valence-corrected chi connectivity index (χ1v) is 7.95. The summed E-state index contributed by atoms with van der Waals surface area (Å²) in [4.78, 5) is 19.6. The van der Waals surface area contributed by atoms with Crippen molar-refractivity contribution in [2.45, 2.75) is 38.8 Å². The number of thiazole rings is 1. The van der Waals surface area contributed by atoms with Gasteiger partial charge in [0.25, 0.3) is 0 Å². The second kappa shape index (κ2) is 10.4. The Morgan fingerprint density at radius 2 is 2.14 bits per heavy atom. The molecule has 0 radical (unpaired) electrons. The van der Waals surface area contributed by atoms with Gasteiger partial charge in [0.2, 0.25) is 5.91 Å². The number of halogens is 2. The minimum Gasteiger partial charge on any atom is -0.381 e. The average molecular weight is 370 g/mol. The molecule has 1 saturated heterocycles. The van der Waals surface area contributed by atoms with E-state index < -0.39 is 6.04 Å². The fourth-order valence-corrected chi connectivity index (χ4v) is 3.31. The van der Waals surface area contributed by atoms with Crippen LogP contribution in [0.2, 0.25) is 0 Å². The van der Waals surface area contributed by atoms with Crippen LogP contribution in [0.5, 0.6) is 0 Å². The average Bonchev–Trinajstić information content (AvgIpc) is 2.94. The summed E-state index contributed by atoms with van der Waals surface area (Å²) >= 11 is 1.66. The van der Waals surface area contributed by atoms with Crippen molar-refractivity contribution in [1.29, 1.82) is 0 Å². The Morgan fingerprint density at radius 3 is 2.68 bits per heavy atom. The summed E-state index contributed by atoms with van der Waals surface area (Å²) in [5.41, 5.74) is 6.11. The smallest absolute Gasteiger partial charge is 0.239 e. The molecule has 2 heterocycles. The Morgan fingerprint density at radius 1 is 1.50 bits per heavy atom. The second-order valence-electron chi connectivity index (χ2n) is 5.24. The van der Waals surface area contributed by atoms with Gasteiger partial charge in [-0.1, -0.05) is 6.92 Å². The molecular weight excluding hydrogens is 345 g/mol. The lowest BCUT2D eigenvalue weighted by molar-refractivity contribution is -0.133. The molecule has 1 aromatic heterocycles. The molecule has 2 rings (SSSR count). The number of aromatic nitrogens is 1. The quantitative estimate of drug-likeness (QED) is 0.863. The topological polar surface area (TPSA) is 68.5 Å². The van der Waals surface area contributed by atoms with Crippen molar-refractivity contribution in [1.82, 2.24) is 9.88 Å². The maximum absolute atomic E-state index is 12.4. The van der Waals surface area contributed by atoms with Crippen LogP contribution in [0, 0.1) is 5.92 Å². The Kier molecular flexibility index (Phi) is 10.2. The second-order valence-corrected chi connectivity index (χ2v) is 6.44. The van der Waals surface area contributed by atoms with E-state index in [4.69, 9.17) is 10.5 Å². The predicted molar refractivity (Wildman–Crippen MR) is 94.0 cm³/mol. The molecule has 128 valence electrons. The first-order chi connectivity index (χ1) is 9.61. The third-order valence-corrected chi connectivity index (χ3v) is 4.88. The number of hydrogen-bond donors (Lipinski definition) is 1. The van der Waals surface area contributed by atoms with Crippen LogP contribution in [-0.2, 0) is 22.5 Å². The van der Waals surface area contributed by atoms with E-state index in [-0.39, 0.29) is 36.6 Å². The van der Waals surface area contributed by atoms with Crippen LogP contribution in [0.4, 0.5) is 0 Å². The molecule has 1 aromatic rings. The molecule has 8 heteroatoms. The number of nitrogens with two attached hydrogens (primary N) is 1. The molecule has 1 atom stereocenters. The first kappa shape index (κ1) is 21.6. The van der Waals surface area contributed by atoms with Crippen molar-refractivity contribution in [2.24, 2.45) is 11.7 Å². The third kappa shape index (κ3) is 5.66. The number of amides is 1. The van der Waals surface area contributed by atoms with Crippen molar-refractivity contribution in [3.05, 3.63) is 16.1 Å². The molecule has 0 aliphatic carbocycles. The van der Waals surface area contributed by atoms with Crippen molar-refractivity contribution in [2.75, 3.05) is 20.3 Å². The van der Waals surface area contributed by atoms with Gasteiger partial charge in [0.1, 0.15) is 5.01 Å². The summed E-state index contributed by atoms with van der Waals surface area (Å²) in [6.45, 7) is 4.07. The lowest BCUT2D eigenvalue weighted by atomic mass is 9.91. The van der Waals surface area contributed by atoms with E-state index in [1.165, 1.54) is 4.88 Å². The minimum atomic E-state index is -0.422. The van der Waals surface area contributed by atoms with Gasteiger partial charge < -0.3 is 15.4 Å². The SMILES string of the molecule is CCc1cnc(CN(C)C(=O)C(N)C2CCOCC2)s1.Cl.Cl. The number of rotatable bonds is 5. The summed E-state index contributed by atoms with van der Waals surface area (Å²) in [5.74, 6) is 0.242. The number of hydrogen-bond acceptors (Lipinski definition) is 5. The van der Waals surface area contributed by atoms with Crippen LogP contribution in [0.25, 0.3) is 0 Å². The zero-order valence-corrected chi connectivity index (χ0v) is 15.4. The number of carbonyl (C=O) groups is 1. The van der Waals surface area contributed by atoms with E-state index in [1.54, 1.807) is 23.3 Å². The molecular formula is C14H25Cl2N3O2S. The van der Waals surface area contributed by atoms with Crippen LogP contribution in [-0.4, -0.2) is 42.1 Å². The highest BCUT2D eigenvalue weighted by atomic mass is 35.5. The van der Waals surface area contributed by atoms with Crippen LogP contribution in [0.1, 0.15) is 29.7 Å². The summed E-state index contributed by atoms with van der Waals surface area (Å²) in [6, 6.07) is -0.422. The molecule has 1 unspecified atom stereocenters. The van der Waals surface area contributed by atoms with Gasteiger partial charge in [-0.3, -0.25) is 4.79 Å². The molecule has 1 fully saturated rings. The Labute approximate surface area is 148 Å². The highest BCUT2D eigenvalue weighted by Gasteiger charge is 2.28. The fourth-order valence-electron chi connectivity index (χ4n) is 2.40. The number of carbonyl (C=O) groups excluding carboxylic acids is 1. The van der Waals surface area contributed by atoms with E-state index in [0.717, 1.165) is 24.3 Å². The maximum atomic E-state index is 12.4. The van der Waals surface area contributed by atoms with Gasteiger partial charge in [-0.05, 0) is 25.2 Å². The predicted octanol–water partition coefficient (Wildman–Crippen LogP) is 2.26. The molecule has 1 amide bonds. The number of nitrogens with zero attached hydrogens (tertiary/aromatic N) is 2. The van der Waals surface area contributed by atoms with Gasteiger partial charge >= 0.3 is 0 Å². The zero-order valence-electron chi connectivity index (χ0n) is 13.0. The maximum Gasteiger partial charge on any atom is 0.239 e. The van der Waals surface area contributed by atoms with E-state index in [1.807, 2.05) is 6.20 Å². The van der Waals surface area contributed by atoms with Crippen LogP contribution in [0.15, 0.2) is 6.20 Å². The van der Waals surface area contributed by atoms with Gasteiger partial charge in [0.05, 0.1) is 12.6 Å². The van der Waals surface area contributed by atoms with E-state index in [0.29, 0.717) is 19.8 Å². The van der Waals surface area contributed by atoms with Crippen LogP contribution >= 0.6 is 36.2 Å². The minimum absolute atomic E-state index is 0. The Bertz CT molecular complexity index is 453. The summed E-state index contributed by atoms with van der Waals surface area (Å²) in [5, 5.41) is 0.969. The summed E-state index contributed by atoms with van der Waals surface area (Å²) in [6.07, 6.45) is 4.61. The molecule has 5 nitrogen and oxygen atoms in total. The van der Waals surface area contributed by atoms with Gasteiger partial charge in [0, 0.05) is 31.3 Å². The van der Waals surface area contributed by atoms with Gasteiger partial charge in [0.15, 0.2) is 0 Å². The molecule has 1 aliphatic heterocycles. The van der Waals surface area contributed by atoms with Crippen LogP contribution < -0.4 is 5.73 Å². The Balaban J connectivity index is 0.00000220. The molecule has 0 bridgehead atoms. The summed E-state index contributed by atoms with van der Waals surface area (Å²) < 4.78 is 5.31. The fraction of sp³-hybridized carbons (Fsp3) is 0.714. The van der Waals surface area contributed by atoms with Crippen LogP contribution in [0.3, 0.4) is 0 Å². The number of likely N-dealkylation sites (N-methyl/N-ethyl adjacent to an activating group) is 1. The van der Waals surface area contributed by atoms with Crippen molar-refractivity contribution < 1.29 is 9.53 Å². The van der Waals surface area contributed by atoms with Gasteiger partial charge in [-0.25, -0.2) is 4.98 Å². The van der Waals surface area contributed by atoms with Crippen molar-refractivity contribution in [3.63, 3.8) is 0 Å². The van der Waals surface area contributed by atoms with E-state index in [2.05, 4.69) is 11.9 Å². The van der Waals surface area contributed by atoms with Crippen molar-refractivity contribution >= 4 is 42.1 Å². The van der Waals surface area contributed by atoms with Gasteiger partial charge in [-0.15, -0.1) is 36.2 Å². The monoisotopic (exact) mass is 369 g/mol. The van der Waals surface area contributed by atoms with Crippen molar-refractivity contribution in [3.8, 4) is 0 Å². The largest absolute Gasteiger partial charge is 0.381 e. The first-order valence-electron chi connectivity index (χ1n) is 7.13. The Hall–Kier alpha value is -0.400. The highest BCUT2D eigenvalue weighted by molar-refractivity contribution is 7.11. The van der Waals surface area contributed by atoms with E-state index >= 15 is 0 Å². The molecule has 0 aromatic carbocycles. The molecule has 2 N–H and O–H groups in total. The van der Waals surface area contributed by atoms with Gasteiger partial charge in [-0.2, -0.15) is 0 Å².